The van der Waals surface area contributed by atoms with Gasteiger partial charge in [0.15, 0.2) is 10.9 Å². The van der Waals surface area contributed by atoms with E-state index in [9.17, 15) is 4.79 Å². The zero-order chi connectivity index (χ0) is 18.5. The number of nitrogens with one attached hydrogen (secondary N) is 2. The smallest absolute Gasteiger partial charge is 0.310 e. The summed E-state index contributed by atoms with van der Waals surface area (Å²) < 4.78 is 5.78. The standard InChI is InChI=1S/C19H16N4O3S/c24-18(23-25-10-13-6-2-1-3-7-13)17-15(11-27-19-20-12-21-22-19)14-8-4-5-9-16(14)26-17/h1-9,12H,10-11H2,(H,23,24)(H,20,21,22). The van der Waals surface area contributed by atoms with Crippen molar-refractivity contribution in [2.24, 2.45) is 0 Å². The molecular formula is C19H16N4O3S. The monoisotopic (exact) mass is 380 g/mol. The number of hydrogen-bond acceptors (Lipinski definition) is 6. The molecule has 0 fully saturated rings. The van der Waals surface area contributed by atoms with Gasteiger partial charge in [-0.25, -0.2) is 10.5 Å². The second-order valence-corrected chi connectivity index (χ2v) is 6.65. The highest BCUT2D eigenvalue weighted by Gasteiger charge is 2.21. The van der Waals surface area contributed by atoms with Crippen molar-refractivity contribution in [3.8, 4) is 0 Å². The van der Waals surface area contributed by atoms with Crippen LogP contribution in [0, 0.1) is 0 Å². The van der Waals surface area contributed by atoms with Gasteiger partial charge in [-0.1, -0.05) is 60.3 Å². The van der Waals surface area contributed by atoms with Crippen molar-refractivity contribution in [1.29, 1.82) is 0 Å². The summed E-state index contributed by atoms with van der Waals surface area (Å²) in [5.41, 5.74) is 4.86. The van der Waals surface area contributed by atoms with Gasteiger partial charge in [-0.15, -0.1) is 0 Å². The Morgan fingerprint density at radius 1 is 1.15 bits per heavy atom. The number of hydroxylamine groups is 1. The van der Waals surface area contributed by atoms with Crippen LogP contribution in [0.1, 0.15) is 21.7 Å². The normalized spacial score (nSPS) is 11.0. The van der Waals surface area contributed by atoms with Crippen LogP contribution < -0.4 is 5.48 Å². The molecule has 136 valence electrons. The highest BCUT2D eigenvalue weighted by atomic mass is 32.2. The lowest BCUT2D eigenvalue weighted by Crippen LogP contribution is -2.24. The Bertz CT molecular complexity index is 1030. The SMILES string of the molecule is O=C(NOCc1ccccc1)c1oc2ccccc2c1CSc1ncn[nH]1. The van der Waals surface area contributed by atoms with Crippen LogP contribution in [0.4, 0.5) is 0 Å². The van der Waals surface area contributed by atoms with E-state index in [-0.39, 0.29) is 12.4 Å². The van der Waals surface area contributed by atoms with Crippen LogP contribution in [0.25, 0.3) is 11.0 Å². The van der Waals surface area contributed by atoms with E-state index in [2.05, 4.69) is 20.7 Å². The predicted octanol–water partition coefficient (Wildman–Crippen LogP) is 3.70. The molecule has 0 bridgehead atoms. The number of carbonyl (C=O) groups excluding carboxylic acids is 1. The number of aromatic amines is 1. The second kappa shape index (κ2) is 8.07. The van der Waals surface area contributed by atoms with E-state index in [1.165, 1.54) is 18.1 Å². The summed E-state index contributed by atoms with van der Waals surface area (Å²) in [6, 6.07) is 17.1. The Balaban J connectivity index is 1.50. The van der Waals surface area contributed by atoms with Crippen LogP contribution in [-0.4, -0.2) is 21.1 Å². The van der Waals surface area contributed by atoms with Crippen LogP contribution in [0.2, 0.25) is 0 Å². The van der Waals surface area contributed by atoms with Gasteiger partial charge < -0.3 is 4.42 Å². The fraction of sp³-hybridized carbons (Fsp3) is 0.105. The van der Waals surface area contributed by atoms with Crippen LogP contribution in [-0.2, 0) is 17.2 Å². The number of H-pyrrole nitrogens is 1. The summed E-state index contributed by atoms with van der Waals surface area (Å²) in [6.45, 7) is 0.273. The molecule has 1 amide bonds. The average Bonchev–Trinajstić information content (AvgIpc) is 3.35. The number of rotatable bonds is 7. The van der Waals surface area contributed by atoms with E-state index >= 15 is 0 Å². The van der Waals surface area contributed by atoms with Gasteiger partial charge in [-0.2, -0.15) is 5.10 Å². The van der Waals surface area contributed by atoms with Gasteiger partial charge in [0.2, 0.25) is 0 Å². The number of para-hydroxylation sites is 1. The van der Waals surface area contributed by atoms with Crippen LogP contribution in [0.5, 0.6) is 0 Å². The summed E-state index contributed by atoms with van der Waals surface area (Å²) in [5.74, 6) is 0.319. The molecule has 27 heavy (non-hydrogen) atoms. The largest absolute Gasteiger partial charge is 0.450 e. The number of nitrogens with zero attached hydrogens (tertiary/aromatic N) is 2. The molecule has 7 nitrogen and oxygen atoms in total. The van der Waals surface area contributed by atoms with Crippen LogP contribution in [0.3, 0.4) is 0 Å². The Labute approximate surface area is 159 Å². The first-order valence-corrected chi connectivity index (χ1v) is 9.24. The van der Waals surface area contributed by atoms with Gasteiger partial charge in [0.1, 0.15) is 11.9 Å². The summed E-state index contributed by atoms with van der Waals surface area (Å²) in [5, 5.41) is 8.19. The second-order valence-electron chi connectivity index (χ2n) is 5.69. The molecular weight excluding hydrogens is 364 g/mol. The molecule has 4 rings (SSSR count). The number of benzene rings is 2. The predicted molar refractivity (Wildman–Crippen MR) is 101 cm³/mol. The summed E-state index contributed by atoms with van der Waals surface area (Å²) >= 11 is 1.44. The molecule has 0 atom stereocenters. The molecule has 0 aliphatic heterocycles. The number of furan rings is 1. The average molecular weight is 380 g/mol. The summed E-state index contributed by atoms with van der Waals surface area (Å²) in [7, 11) is 0. The van der Waals surface area contributed by atoms with Crippen molar-refractivity contribution < 1.29 is 14.0 Å². The van der Waals surface area contributed by atoms with Crippen molar-refractivity contribution in [3.05, 3.63) is 77.8 Å². The van der Waals surface area contributed by atoms with Crippen molar-refractivity contribution in [1.82, 2.24) is 20.7 Å². The number of amides is 1. The van der Waals surface area contributed by atoms with E-state index in [0.29, 0.717) is 16.5 Å². The van der Waals surface area contributed by atoms with Gasteiger partial charge in [-0.3, -0.25) is 14.7 Å². The van der Waals surface area contributed by atoms with E-state index < -0.39 is 5.91 Å². The van der Waals surface area contributed by atoms with Crippen LogP contribution >= 0.6 is 11.8 Å². The Morgan fingerprint density at radius 2 is 1.96 bits per heavy atom. The maximum atomic E-state index is 12.6. The van der Waals surface area contributed by atoms with Gasteiger partial charge >= 0.3 is 5.91 Å². The Hall–Kier alpha value is -3.10. The lowest BCUT2D eigenvalue weighted by atomic mass is 10.1. The number of aromatic nitrogens is 3. The van der Waals surface area contributed by atoms with Crippen molar-refractivity contribution in [2.75, 3.05) is 0 Å². The van der Waals surface area contributed by atoms with Gasteiger partial charge in [0.25, 0.3) is 0 Å². The molecule has 0 spiro atoms. The molecule has 2 N–H and O–H groups in total. The first-order valence-electron chi connectivity index (χ1n) is 8.26. The maximum Gasteiger partial charge on any atom is 0.310 e. The highest BCUT2D eigenvalue weighted by Crippen LogP contribution is 2.30. The van der Waals surface area contributed by atoms with Crippen molar-refractivity contribution in [2.45, 2.75) is 17.5 Å². The third-order valence-electron chi connectivity index (χ3n) is 3.90. The molecule has 0 saturated carbocycles. The Morgan fingerprint density at radius 3 is 2.78 bits per heavy atom. The molecule has 0 aliphatic rings. The zero-order valence-electron chi connectivity index (χ0n) is 14.2. The zero-order valence-corrected chi connectivity index (χ0v) is 15.0. The van der Waals surface area contributed by atoms with Gasteiger partial charge in [0.05, 0.1) is 6.61 Å². The lowest BCUT2D eigenvalue weighted by Gasteiger charge is -2.06. The Kier molecular flexibility index (Phi) is 5.17. The van der Waals surface area contributed by atoms with E-state index in [4.69, 9.17) is 9.25 Å². The number of hydrogen-bond donors (Lipinski definition) is 2. The first-order chi connectivity index (χ1) is 13.3. The fourth-order valence-electron chi connectivity index (χ4n) is 2.64. The molecule has 2 aromatic heterocycles. The first kappa shape index (κ1) is 17.3. The van der Waals surface area contributed by atoms with Gasteiger partial charge in [0, 0.05) is 16.7 Å². The number of fused-ring (bicyclic) bond motifs is 1. The molecule has 2 aromatic carbocycles. The highest BCUT2D eigenvalue weighted by molar-refractivity contribution is 7.98. The number of carbonyl (C=O) groups is 1. The summed E-state index contributed by atoms with van der Waals surface area (Å²) in [4.78, 5) is 22.0. The third-order valence-corrected chi connectivity index (χ3v) is 4.80. The third kappa shape index (κ3) is 4.02. The van der Waals surface area contributed by atoms with Crippen molar-refractivity contribution >= 4 is 28.6 Å². The minimum Gasteiger partial charge on any atom is -0.450 e. The molecule has 2 heterocycles. The fourth-order valence-corrected chi connectivity index (χ4v) is 3.44. The molecule has 8 heteroatoms. The maximum absolute atomic E-state index is 12.6. The van der Waals surface area contributed by atoms with E-state index in [1.807, 2.05) is 54.6 Å². The minimum absolute atomic E-state index is 0.233. The lowest BCUT2D eigenvalue weighted by molar-refractivity contribution is 0.0213. The van der Waals surface area contributed by atoms with Gasteiger partial charge in [-0.05, 0) is 11.6 Å². The quantitative estimate of drug-likeness (QED) is 0.375. The van der Waals surface area contributed by atoms with E-state index in [0.717, 1.165) is 16.5 Å². The topological polar surface area (TPSA) is 93.0 Å². The minimum atomic E-state index is -0.421. The van der Waals surface area contributed by atoms with Crippen molar-refractivity contribution in [3.63, 3.8) is 0 Å². The number of thioether (sulfide) groups is 1. The molecule has 0 aliphatic carbocycles. The molecule has 4 aromatic rings. The summed E-state index contributed by atoms with van der Waals surface area (Å²) in [6.07, 6.45) is 1.45. The molecule has 0 saturated heterocycles. The molecule has 0 radical (unpaired) electrons. The molecule has 0 unspecified atom stereocenters. The van der Waals surface area contributed by atoms with Crippen LogP contribution in [0.15, 0.2) is 70.5 Å². The van der Waals surface area contributed by atoms with E-state index in [1.54, 1.807) is 0 Å².